The fourth-order valence-electron chi connectivity index (χ4n) is 4.75. The van der Waals surface area contributed by atoms with Gasteiger partial charge in [0.05, 0.1) is 12.7 Å². The van der Waals surface area contributed by atoms with E-state index in [1.165, 1.54) is 0 Å². The minimum Gasteiger partial charge on any atom is -0.466 e. The zero-order chi connectivity index (χ0) is 14.3. The van der Waals surface area contributed by atoms with Gasteiger partial charge in [0.2, 0.25) is 0 Å². The highest BCUT2D eigenvalue weighted by Crippen LogP contribution is 2.62. The monoisotopic (exact) mass is 268 g/mol. The van der Waals surface area contributed by atoms with Gasteiger partial charge in [0.1, 0.15) is 0 Å². The normalized spacial score (nSPS) is 40.8. The molecule has 3 nitrogen and oxygen atoms in total. The highest BCUT2D eigenvalue weighted by atomic mass is 16.5. The predicted octanol–water partition coefficient (Wildman–Crippen LogP) is 3.15. The SMILES string of the molecule is CCOC(=O)C[C@@H]1CC[C@H]2C(C)(C)CC[C@@H](O)[C@@]12C. The van der Waals surface area contributed by atoms with Crippen molar-refractivity contribution in [2.75, 3.05) is 6.61 Å². The molecule has 2 aliphatic rings. The maximum absolute atomic E-state index is 11.8. The number of esters is 1. The molecular formula is C16H28O3. The summed E-state index contributed by atoms with van der Waals surface area (Å²) in [4.78, 5) is 11.8. The van der Waals surface area contributed by atoms with Crippen molar-refractivity contribution < 1.29 is 14.6 Å². The van der Waals surface area contributed by atoms with Crippen LogP contribution < -0.4 is 0 Å². The third-order valence-corrected chi connectivity index (χ3v) is 5.88. The van der Waals surface area contributed by atoms with Crippen LogP contribution in [0.1, 0.15) is 59.8 Å². The quantitative estimate of drug-likeness (QED) is 0.800. The minimum absolute atomic E-state index is 0.107. The lowest BCUT2D eigenvalue weighted by molar-refractivity contribution is -0.149. The van der Waals surface area contributed by atoms with Crippen LogP contribution in [0.25, 0.3) is 0 Å². The predicted molar refractivity (Wildman–Crippen MR) is 74.6 cm³/mol. The molecular weight excluding hydrogens is 240 g/mol. The fourth-order valence-corrected chi connectivity index (χ4v) is 4.75. The first kappa shape index (κ1) is 14.8. The van der Waals surface area contributed by atoms with E-state index in [2.05, 4.69) is 20.8 Å². The number of carbonyl (C=O) groups is 1. The molecule has 4 atom stereocenters. The van der Waals surface area contributed by atoms with Gasteiger partial charge in [-0.05, 0) is 49.9 Å². The van der Waals surface area contributed by atoms with Crippen molar-refractivity contribution in [1.29, 1.82) is 0 Å². The Kier molecular flexibility index (Phi) is 3.97. The molecule has 0 heterocycles. The highest BCUT2D eigenvalue weighted by Gasteiger charge is 2.58. The second-order valence-corrected chi connectivity index (χ2v) is 7.25. The average molecular weight is 268 g/mol. The summed E-state index contributed by atoms with van der Waals surface area (Å²) in [6.45, 7) is 9.11. The molecule has 0 spiro atoms. The molecule has 1 N–H and O–H groups in total. The third-order valence-electron chi connectivity index (χ3n) is 5.88. The van der Waals surface area contributed by atoms with Gasteiger partial charge in [-0.25, -0.2) is 0 Å². The molecule has 0 aromatic carbocycles. The van der Waals surface area contributed by atoms with Gasteiger partial charge >= 0.3 is 5.97 Å². The Morgan fingerprint density at radius 2 is 1.95 bits per heavy atom. The first-order chi connectivity index (χ1) is 8.82. The first-order valence-corrected chi connectivity index (χ1v) is 7.66. The van der Waals surface area contributed by atoms with Crippen LogP contribution >= 0.6 is 0 Å². The molecule has 19 heavy (non-hydrogen) atoms. The van der Waals surface area contributed by atoms with Gasteiger partial charge in [0.15, 0.2) is 0 Å². The van der Waals surface area contributed by atoms with Gasteiger partial charge in [-0.2, -0.15) is 0 Å². The summed E-state index contributed by atoms with van der Waals surface area (Å²) < 4.78 is 5.10. The van der Waals surface area contributed by atoms with Gasteiger partial charge in [-0.3, -0.25) is 4.79 Å². The van der Waals surface area contributed by atoms with E-state index in [1.54, 1.807) is 0 Å². The number of aliphatic hydroxyl groups is 1. The lowest BCUT2D eigenvalue weighted by Crippen LogP contribution is -2.50. The van der Waals surface area contributed by atoms with Crippen molar-refractivity contribution in [3.63, 3.8) is 0 Å². The van der Waals surface area contributed by atoms with E-state index in [4.69, 9.17) is 4.74 Å². The Balaban J connectivity index is 2.17. The van der Waals surface area contributed by atoms with Crippen molar-refractivity contribution >= 4 is 5.97 Å². The summed E-state index contributed by atoms with van der Waals surface area (Å²) in [5.74, 6) is 0.680. The Hall–Kier alpha value is -0.570. The van der Waals surface area contributed by atoms with Crippen LogP contribution in [0.15, 0.2) is 0 Å². The number of ether oxygens (including phenoxy) is 1. The zero-order valence-corrected chi connectivity index (χ0v) is 12.7. The van der Waals surface area contributed by atoms with Crippen LogP contribution in [0.2, 0.25) is 0 Å². The third kappa shape index (κ3) is 2.42. The maximum atomic E-state index is 11.8. The van der Waals surface area contributed by atoms with E-state index in [0.717, 1.165) is 25.7 Å². The molecule has 0 aromatic heterocycles. The zero-order valence-electron chi connectivity index (χ0n) is 12.7. The van der Waals surface area contributed by atoms with E-state index in [9.17, 15) is 9.90 Å². The van der Waals surface area contributed by atoms with Gasteiger partial charge in [-0.15, -0.1) is 0 Å². The summed E-state index contributed by atoms with van der Waals surface area (Å²) in [6.07, 6.45) is 4.31. The van der Waals surface area contributed by atoms with Crippen molar-refractivity contribution in [3.05, 3.63) is 0 Å². The lowest BCUT2D eigenvalue weighted by atomic mass is 9.54. The molecule has 0 aliphatic heterocycles. The van der Waals surface area contributed by atoms with Gasteiger partial charge in [0.25, 0.3) is 0 Å². The van der Waals surface area contributed by atoms with Crippen LogP contribution in [0, 0.1) is 22.7 Å². The molecule has 3 heteroatoms. The summed E-state index contributed by atoms with van der Waals surface area (Å²) in [5, 5.41) is 10.5. The van der Waals surface area contributed by atoms with Crippen LogP contribution in [0.4, 0.5) is 0 Å². The standard InChI is InChI=1S/C16H28O3/c1-5-19-14(18)10-11-6-7-12-15(2,3)9-8-13(17)16(11,12)4/h11-13,17H,5-10H2,1-4H3/t11-,12-,13+,16-/m0/s1. The molecule has 2 fully saturated rings. The summed E-state index contributed by atoms with van der Waals surface area (Å²) in [6, 6.07) is 0. The summed E-state index contributed by atoms with van der Waals surface area (Å²) in [5.41, 5.74) is 0.159. The van der Waals surface area contributed by atoms with E-state index in [1.807, 2.05) is 6.92 Å². The minimum atomic E-state index is -0.271. The van der Waals surface area contributed by atoms with Crippen LogP contribution in [0.3, 0.4) is 0 Å². The molecule has 0 amide bonds. The van der Waals surface area contributed by atoms with E-state index in [-0.39, 0.29) is 28.8 Å². The summed E-state index contributed by atoms with van der Waals surface area (Å²) >= 11 is 0. The number of aliphatic hydroxyl groups excluding tert-OH is 1. The molecule has 0 unspecified atom stereocenters. The molecule has 0 aromatic rings. The Labute approximate surface area is 116 Å². The van der Waals surface area contributed by atoms with Gasteiger partial charge in [-0.1, -0.05) is 20.8 Å². The first-order valence-electron chi connectivity index (χ1n) is 7.66. The van der Waals surface area contributed by atoms with E-state index in [0.29, 0.717) is 18.9 Å². The lowest BCUT2D eigenvalue weighted by Gasteiger charge is -2.52. The van der Waals surface area contributed by atoms with Crippen LogP contribution in [-0.2, 0) is 9.53 Å². The van der Waals surface area contributed by atoms with Gasteiger partial charge < -0.3 is 9.84 Å². The second-order valence-electron chi connectivity index (χ2n) is 7.25. The fraction of sp³-hybridized carbons (Fsp3) is 0.938. The van der Waals surface area contributed by atoms with E-state index >= 15 is 0 Å². The van der Waals surface area contributed by atoms with Crippen molar-refractivity contribution in [3.8, 4) is 0 Å². The second kappa shape index (κ2) is 5.08. The Bertz CT molecular complexity index is 350. The highest BCUT2D eigenvalue weighted by molar-refractivity contribution is 5.69. The molecule has 0 radical (unpaired) electrons. The van der Waals surface area contributed by atoms with Crippen LogP contribution in [-0.4, -0.2) is 23.8 Å². The number of carbonyl (C=O) groups excluding carboxylic acids is 1. The number of rotatable bonds is 3. The Morgan fingerprint density at radius 3 is 2.58 bits per heavy atom. The molecule has 110 valence electrons. The van der Waals surface area contributed by atoms with Gasteiger partial charge in [0, 0.05) is 11.8 Å². The smallest absolute Gasteiger partial charge is 0.306 e. The molecule has 2 rings (SSSR count). The molecule has 2 aliphatic carbocycles. The maximum Gasteiger partial charge on any atom is 0.306 e. The van der Waals surface area contributed by atoms with Crippen molar-refractivity contribution in [2.24, 2.45) is 22.7 Å². The Morgan fingerprint density at radius 1 is 1.26 bits per heavy atom. The molecule has 0 saturated heterocycles. The average Bonchev–Trinajstić information content (AvgIpc) is 2.65. The largest absolute Gasteiger partial charge is 0.466 e. The number of fused-ring (bicyclic) bond motifs is 1. The number of hydrogen-bond donors (Lipinski definition) is 1. The van der Waals surface area contributed by atoms with Crippen LogP contribution in [0.5, 0.6) is 0 Å². The van der Waals surface area contributed by atoms with Crippen molar-refractivity contribution in [2.45, 2.75) is 65.9 Å². The topological polar surface area (TPSA) is 46.5 Å². The summed E-state index contributed by atoms with van der Waals surface area (Å²) in [7, 11) is 0. The van der Waals surface area contributed by atoms with Crippen molar-refractivity contribution in [1.82, 2.24) is 0 Å². The molecule has 0 bridgehead atoms. The number of hydrogen-bond acceptors (Lipinski definition) is 3. The molecule has 2 saturated carbocycles. The van der Waals surface area contributed by atoms with E-state index < -0.39 is 0 Å².